The molecule has 0 spiro atoms. The number of nitrogens with one attached hydrogen (secondary N) is 2. The number of benzene rings is 3. The molecule has 1 amide bonds. The van der Waals surface area contributed by atoms with Crippen LogP contribution in [0.15, 0.2) is 66.7 Å². The molecule has 0 bridgehead atoms. The van der Waals surface area contributed by atoms with Crippen molar-refractivity contribution in [3.05, 3.63) is 83.4 Å². The number of rotatable bonds is 3. The van der Waals surface area contributed by atoms with E-state index in [1.165, 1.54) is 0 Å². The summed E-state index contributed by atoms with van der Waals surface area (Å²) in [4.78, 5) is 27.7. The van der Waals surface area contributed by atoms with Gasteiger partial charge in [0, 0.05) is 27.8 Å². The van der Waals surface area contributed by atoms with E-state index in [1.807, 2.05) is 66.7 Å². The number of carbonyl (C=O) groups excluding carboxylic acids is 2. The van der Waals surface area contributed by atoms with Crippen molar-refractivity contribution in [1.82, 2.24) is 15.1 Å². The second-order valence-electron chi connectivity index (χ2n) is 7.34. The molecule has 1 atom stereocenters. The van der Waals surface area contributed by atoms with Crippen LogP contribution >= 0.6 is 0 Å². The van der Waals surface area contributed by atoms with E-state index >= 15 is 0 Å². The van der Waals surface area contributed by atoms with E-state index in [1.54, 1.807) is 4.90 Å². The third kappa shape index (κ3) is 2.32. The van der Waals surface area contributed by atoms with Gasteiger partial charge in [-0.05, 0) is 24.3 Å². The topological polar surface area (TPSA) is 77.9 Å². The van der Waals surface area contributed by atoms with Crippen molar-refractivity contribution in [2.75, 3.05) is 11.9 Å². The summed E-state index contributed by atoms with van der Waals surface area (Å²) in [7, 11) is 0. The zero-order valence-electron chi connectivity index (χ0n) is 15.3. The Morgan fingerprint density at radius 1 is 1.00 bits per heavy atom. The maximum atomic E-state index is 13.3. The normalized spacial score (nSPS) is 16.6. The number of aromatic nitrogens is 2. The Kier molecular flexibility index (Phi) is 3.20. The predicted molar refractivity (Wildman–Crippen MR) is 110 cm³/mol. The lowest BCUT2D eigenvalue weighted by molar-refractivity contribution is 0.0877. The van der Waals surface area contributed by atoms with Crippen LogP contribution in [0.3, 0.4) is 0 Å². The minimum atomic E-state index is -0.127. The number of hydrogen-bond acceptors (Lipinski definition) is 4. The van der Waals surface area contributed by atoms with Gasteiger partial charge in [-0.1, -0.05) is 42.5 Å². The van der Waals surface area contributed by atoms with Crippen molar-refractivity contribution >= 4 is 28.3 Å². The van der Waals surface area contributed by atoms with Crippen LogP contribution in [-0.2, 0) is 0 Å². The molecule has 1 unspecified atom stereocenters. The van der Waals surface area contributed by atoms with E-state index in [-0.39, 0.29) is 17.9 Å². The highest BCUT2D eigenvalue weighted by molar-refractivity contribution is 6.27. The molecule has 6 rings (SSSR count). The molecule has 1 aliphatic heterocycles. The van der Waals surface area contributed by atoms with Gasteiger partial charge in [-0.2, -0.15) is 5.10 Å². The lowest BCUT2D eigenvalue weighted by atomic mass is 9.86. The quantitative estimate of drug-likeness (QED) is 0.468. The van der Waals surface area contributed by atoms with Gasteiger partial charge >= 0.3 is 0 Å². The van der Waals surface area contributed by atoms with Crippen LogP contribution in [0.1, 0.15) is 26.3 Å². The molecule has 29 heavy (non-hydrogen) atoms. The van der Waals surface area contributed by atoms with Gasteiger partial charge in [0.15, 0.2) is 5.78 Å². The molecule has 1 aliphatic carbocycles. The molecule has 1 aromatic heterocycles. The van der Waals surface area contributed by atoms with E-state index in [4.69, 9.17) is 0 Å². The highest BCUT2D eigenvalue weighted by Gasteiger charge is 2.40. The average Bonchev–Trinajstić information content (AvgIpc) is 3.39. The van der Waals surface area contributed by atoms with Crippen LogP contribution in [-0.4, -0.2) is 39.5 Å². The number of anilines is 1. The molecular formula is C23H16N4O2. The second kappa shape index (κ2) is 5.78. The monoisotopic (exact) mass is 380 g/mol. The third-order valence-electron chi connectivity index (χ3n) is 5.60. The van der Waals surface area contributed by atoms with E-state index in [9.17, 15) is 9.59 Å². The number of ketones is 1. The second-order valence-corrected chi connectivity index (χ2v) is 7.34. The highest BCUT2D eigenvalue weighted by atomic mass is 16.2. The van der Waals surface area contributed by atoms with Crippen molar-refractivity contribution in [3.63, 3.8) is 0 Å². The van der Waals surface area contributed by atoms with Crippen LogP contribution < -0.4 is 5.32 Å². The molecule has 2 aliphatic rings. The van der Waals surface area contributed by atoms with Crippen molar-refractivity contribution in [3.8, 4) is 11.3 Å². The van der Waals surface area contributed by atoms with E-state index in [0.29, 0.717) is 23.2 Å². The number of amides is 1. The predicted octanol–water partition coefficient (Wildman–Crippen LogP) is 3.67. The first-order valence-electron chi connectivity index (χ1n) is 9.50. The number of carbonyl (C=O) groups is 2. The smallest absolute Gasteiger partial charge is 0.255 e. The Bertz CT molecular complexity index is 1310. The largest absolute Gasteiger partial charge is 0.363 e. The number of aromatic amines is 1. The lowest BCUT2D eigenvalue weighted by Gasteiger charge is -2.19. The molecule has 6 heteroatoms. The Morgan fingerprint density at radius 3 is 2.66 bits per heavy atom. The fourth-order valence-corrected chi connectivity index (χ4v) is 4.12. The molecule has 1 saturated heterocycles. The number of H-pyrrole nitrogens is 1. The van der Waals surface area contributed by atoms with Crippen molar-refractivity contribution < 1.29 is 9.59 Å². The SMILES string of the molecule is O=C1c2c(NC3CN3C(=O)c3ccccc3)cccc2-c2n[nH]c3cccc1c23. The lowest BCUT2D eigenvalue weighted by Crippen LogP contribution is -2.20. The van der Waals surface area contributed by atoms with Crippen LogP contribution in [0.5, 0.6) is 0 Å². The first-order chi connectivity index (χ1) is 14.2. The number of nitrogens with zero attached hydrogens (tertiary/aromatic N) is 2. The van der Waals surface area contributed by atoms with Crippen molar-refractivity contribution in [2.45, 2.75) is 6.17 Å². The molecule has 2 N–H and O–H groups in total. The van der Waals surface area contributed by atoms with Gasteiger partial charge in [-0.3, -0.25) is 14.7 Å². The van der Waals surface area contributed by atoms with E-state index < -0.39 is 0 Å². The van der Waals surface area contributed by atoms with Gasteiger partial charge in [0.2, 0.25) is 0 Å². The molecule has 6 nitrogen and oxygen atoms in total. The zero-order valence-corrected chi connectivity index (χ0v) is 15.3. The maximum absolute atomic E-state index is 13.3. The third-order valence-corrected chi connectivity index (χ3v) is 5.60. The number of hydrogen-bond donors (Lipinski definition) is 2. The fourth-order valence-electron chi connectivity index (χ4n) is 4.12. The summed E-state index contributed by atoms with van der Waals surface area (Å²) < 4.78 is 0. The Balaban J connectivity index is 1.35. The summed E-state index contributed by atoms with van der Waals surface area (Å²) in [5.41, 5.74) is 5.12. The van der Waals surface area contributed by atoms with Gasteiger partial charge in [0.05, 0.1) is 17.6 Å². The van der Waals surface area contributed by atoms with Gasteiger partial charge in [0.25, 0.3) is 5.91 Å². The molecule has 0 saturated carbocycles. The molecule has 140 valence electrons. The standard InChI is InChI=1S/C23H16N4O2/c28-22-15-9-5-11-17-19(15)21(26-25-17)14-8-4-10-16(20(14)22)24-18-12-27(18)23(29)13-6-2-1-3-7-13/h1-11,18,24H,12H2,(H,25,26). The minimum Gasteiger partial charge on any atom is -0.363 e. The Hall–Kier alpha value is -3.93. The molecule has 2 heterocycles. The summed E-state index contributed by atoms with van der Waals surface area (Å²) in [6.07, 6.45) is -0.127. The van der Waals surface area contributed by atoms with Crippen LogP contribution in [0.25, 0.3) is 22.2 Å². The van der Waals surface area contributed by atoms with Crippen molar-refractivity contribution in [2.24, 2.45) is 0 Å². The Morgan fingerprint density at radius 2 is 1.79 bits per heavy atom. The van der Waals surface area contributed by atoms with Gasteiger partial charge in [0.1, 0.15) is 11.9 Å². The maximum Gasteiger partial charge on any atom is 0.255 e. The summed E-state index contributed by atoms with van der Waals surface area (Å²) >= 11 is 0. The van der Waals surface area contributed by atoms with Crippen LogP contribution in [0, 0.1) is 0 Å². The molecule has 3 aromatic carbocycles. The van der Waals surface area contributed by atoms with Crippen LogP contribution in [0.2, 0.25) is 0 Å². The summed E-state index contributed by atoms with van der Waals surface area (Å²) in [6, 6.07) is 20.6. The van der Waals surface area contributed by atoms with Gasteiger partial charge < -0.3 is 10.2 Å². The number of fused-ring (bicyclic) bond motifs is 2. The molecule has 1 fully saturated rings. The van der Waals surface area contributed by atoms with Gasteiger partial charge in [-0.25, -0.2) is 0 Å². The average molecular weight is 380 g/mol. The molecule has 0 radical (unpaired) electrons. The van der Waals surface area contributed by atoms with Crippen molar-refractivity contribution in [1.29, 1.82) is 0 Å². The summed E-state index contributed by atoms with van der Waals surface area (Å²) in [6.45, 7) is 0.606. The van der Waals surface area contributed by atoms with Crippen LogP contribution in [0.4, 0.5) is 5.69 Å². The first kappa shape index (κ1) is 16.1. The summed E-state index contributed by atoms with van der Waals surface area (Å²) in [5, 5.41) is 11.7. The first-order valence-corrected chi connectivity index (χ1v) is 9.50. The zero-order chi connectivity index (χ0) is 19.5. The van der Waals surface area contributed by atoms with E-state index in [2.05, 4.69) is 15.5 Å². The summed E-state index contributed by atoms with van der Waals surface area (Å²) in [5.74, 6) is -0.0391. The fraction of sp³-hybridized carbons (Fsp3) is 0.0870. The Labute approximate surface area is 166 Å². The highest BCUT2D eigenvalue weighted by Crippen LogP contribution is 2.41. The molecule has 4 aromatic rings. The minimum absolute atomic E-state index is 0.0152. The van der Waals surface area contributed by atoms with E-state index in [0.717, 1.165) is 27.8 Å². The molecular weight excluding hydrogens is 364 g/mol. The van der Waals surface area contributed by atoms with Gasteiger partial charge in [-0.15, -0.1) is 0 Å².